The molecule has 1 aromatic rings. The Morgan fingerprint density at radius 2 is 2.25 bits per heavy atom. The van der Waals surface area contributed by atoms with Crippen molar-refractivity contribution in [2.24, 2.45) is 5.73 Å². The van der Waals surface area contributed by atoms with E-state index in [1.54, 1.807) is 12.1 Å². The molecule has 66 valence electrons. The maximum absolute atomic E-state index is 13.0. The molecule has 1 rings (SSSR count). The number of nitrogens with two attached hydrogens (primary N) is 1. The highest BCUT2D eigenvalue weighted by Crippen LogP contribution is 2.17. The molecule has 0 aliphatic carbocycles. The second-order valence-electron chi connectivity index (χ2n) is 2.78. The van der Waals surface area contributed by atoms with Crippen molar-refractivity contribution >= 4 is 0 Å². The molecule has 0 fully saturated rings. The van der Waals surface area contributed by atoms with Gasteiger partial charge in [0.05, 0.1) is 6.10 Å². The fourth-order valence-corrected chi connectivity index (χ4v) is 1.05. The van der Waals surface area contributed by atoms with E-state index in [0.29, 0.717) is 0 Å². The van der Waals surface area contributed by atoms with Gasteiger partial charge in [-0.15, -0.1) is 0 Å². The Labute approximate surface area is 70.8 Å². The van der Waals surface area contributed by atoms with Crippen LogP contribution in [0.15, 0.2) is 18.2 Å². The predicted molar refractivity (Wildman–Crippen MR) is 45.2 cm³/mol. The largest absolute Gasteiger partial charge is 0.387 e. The van der Waals surface area contributed by atoms with E-state index in [9.17, 15) is 9.50 Å². The zero-order valence-electron chi connectivity index (χ0n) is 6.92. The Kier molecular flexibility index (Phi) is 2.78. The molecule has 0 saturated carbocycles. The van der Waals surface area contributed by atoms with Crippen LogP contribution in [0, 0.1) is 12.7 Å². The molecule has 0 saturated heterocycles. The molecule has 1 aromatic carbocycles. The van der Waals surface area contributed by atoms with Crippen LogP contribution < -0.4 is 5.73 Å². The number of aryl methyl sites for hydroxylation is 1. The number of hydrogen-bond acceptors (Lipinski definition) is 2. The molecule has 0 bridgehead atoms. The molecule has 3 N–H and O–H groups in total. The van der Waals surface area contributed by atoms with Gasteiger partial charge in [0.25, 0.3) is 0 Å². The summed E-state index contributed by atoms with van der Waals surface area (Å²) in [5.74, 6) is -0.404. The Bertz CT molecular complexity index is 275. The maximum Gasteiger partial charge on any atom is 0.129 e. The number of aliphatic hydroxyl groups excluding tert-OH is 1. The Morgan fingerprint density at radius 3 is 2.83 bits per heavy atom. The summed E-state index contributed by atoms with van der Waals surface area (Å²) < 4.78 is 13.0. The quantitative estimate of drug-likeness (QED) is 0.697. The second-order valence-corrected chi connectivity index (χ2v) is 2.78. The van der Waals surface area contributed by atoms with Crippen LogP contribution in [0.5, 0.6) is 0 Å². The number of rotatable bonds is 2. The summed E-state index contributed by atoms with van der Waals surface area (Å²) in [4.78, 5) is 0. The third kappa shape index (κ3) is 1.81. The van der Waals surface area contributed by atoms with Gasteiger partial charge in [0.15, 0.2) is 0 Å². The molecule has 12 heavy (non-hydrogen) atoms. The lowest BCUT2D eigenvalue weighted by molar-refractivity contribution is 0.182. The monoisotopic (exact) mass is 169 g/mol. The standard InChI is InChI=1S/C9H12FNO/c1-6-2-3-8(10)7(4-6)9(12)5-11/h2-4,9,12H,5,11H2,1H3/t9-/m1/s1. The van der Waals surface area contributed by atoms with E-state index in [1.807, 2.05) is 6.92 Å². The number of benzene rings is 1. The van der Waals surface area contributed by atoms with Gasteiger partial charge in [-0.25, -0.2) is 4.39 Å². The summed E-state index contributed by atoms with van der Waals surface area (Å²) in [5, 5.41) is 9.27. The summed E-state index contributed by atoms with van der Waals surface area (Å²) in [7, 11) is 0. The van der Waals surface area contributed by atoms with Gasteiger partial charge >= 0.3 is 0 Å². The molecule has 0 unspecified atom stereocenters. The van der Waals surface area contributed by atoms with Gasteiger partial charge in [0, 0.05) is 12.1 Å². The molecule has 0 aliphatic rings. The molecule has 0 spiro atoms. The molecule has 0 aliphatic heterocycles. The van der Waals surface area contributed by atoms with Crippen molar-refractivity contribution in [3.63, 3.8) is 0 Å². The van der Waals surface area contributed by atoms with Crippen molar-refractivity contribution in [3.05, 3.63) is 35.1 Å². The van der Waals surface area contributed by atoms with Crippen LogP contribution in [0.4, 0.5) is 4.39 Å². The van der Waals surface area contributed by atoms with E-state index in [2.05, 4.69) is 0 Å². The molecule has 0 aromatic heterocycles. The zero-order valence-corrected chi connectivity index (χ0v) is 6.92. The van der Waals surface area contributed by atoms with Gasteiger partial charge in [-0.05, 0) is 13.0 Å². The third-order valence-corrected chi connectivity index (χ3v) is 1.73. The van der Waals surface area contributed by atoms with Crippen LogP contribution in [-0.4, -0.2) is 11.7 Å². The lowest BCUT2D eigenvalue weighted by Crippen LogP contribution is -2.13. The first-order chi connectivity index (χ1) is 5.65. The topological polar surface area (TPSA) is 46.2 Å². The van der Waals surface area contributed by atoms with E-state index < -0.39 is 11.9 Å². The molecule has 0 amide bonds. The summed E-state index contributed by atoms with van der Waals surface area (Å²) in [5.41, 5.74) is 6.40. The van der Waals surface area contributed by atoms with Gasteiger partial charge in [0.1, 0.15) is 5.82 Å². The third-order valence-electron chi connectivity index (χ3n) is 1.73. The normalized spacial score (nSPS) is 13.0. The van der Waals surface area contributed by atoms with Crippen molar-refractivity contribution < 1.29 is 9.50 Å². The number of aliphatic hydroxyl groups is 1. The summed E-state index contributed by atoms with van der Waals surface area (Å²) in [6.07, 6.45) is -0.898. The minimum Gasteiger partial charge on any atom is -0.387 e. The van der Waals surface area contributed by atoms with Crippen LogP contribution in [0.2, 0.25) is 0 Å². The summed E-state index contributed by atoms with van der Waals surface area (Å²) >= 11 is 0. The van der Waals surface area contributed by atoms with Crippen molar-refractivity contribution in [3.8, 4) is 0 Å². The summed E-state index contributed by atoms with van der Waals surface area (Å²) in [6, 6.07) is 4.60. The highest BCUT2D eigenvalue weighted by molar-refractivity contribution is 5.25. The van der Waals surface area contributed by atoms with E-state index in [4.69, 9.17) is 5.73 Å². The fraction of sp³-hybridized carbons (Fsp3) is 0.333. The molecular formula is C9H12FNO. The lowest BCUT2D eigenvalue weighted by atomic mass is 10.1. The average Bonchev–Trinajstić information content (AvgIpc) is 2.08. The maximum atomic E-state index is 13.0. The predicted octanol–water partition coefficient (Wildman–Crippen LogP) is 1.13. The molecule has 3 heteroatoms. The Morgan fingerprint density at radius 1 is 1.58 bits per heavy atom. The highest BCUT2D eigenvalue weighted by Gasteiger charge is 2.10. The van der Waals surface area contributed by atoms with Crippen LogP contribution in [0.25, 0.3) is 0 Å². The smallest absolute Gasteiger partial charge is 0.129 e. The highest BCUT2D eigenvalue weighted by atomic mass is 19.1. The van der Waals surface area contributed by atoms with Crippen LogP contribution >= 0.6 is 0 Å². The second kappa shape index (κ2) is 3.65. The van der Waals surface area contributed by atoms with E-state index in [1.165, 1.54) is 6.07 Å². The van der Waals surface area contributed by atoms with Crippen molar-refractivity contribution in [2.75, 3.05) is 6.54 Å². The van der Waals surface area contributed by atoms with Crippen molar-refractivity contribution in [1.82, 2.24) is 0 Å². The zero-order chi connectivity index (χ0) is 9.14. The molecule has 2 nitrogen and oxygen atoms in total. The van der Waals surface area contributed by atoms with Gasteiger partial charge in [-0.3, -0.25) is 0 Å². The minimum absolute atomic E-state index is 0.0420. The molecule has 1 atom stereocenters. The average molecular weight is 169 g/mol. The number of hydrogen-bond donors (Lipinski definition) is 2. The summed E-state index contributed by atoms with van der Waals surface area (Å²) in [6.45, 7) is 1.88. The molecule has 0 heterocycles. The van der Waals surface area contributed by atoms with Gasteiger partial charge < -0.3 is 10.8 Å². The fourth-order valence-electron chi connectivity index (χ4n) is 1.05. The van der Waals surface area contributed by atoms with E-state index >= 15 is 0 Å². The first-order valence-electron chi connectivity index (χ1n) is 3.79. The lowest BCUT2D eigenvalue weighted by Gasteiger charge is -2.09. The van der Waals surface area contributed by atoms with Gasteiger partial charge in [-0.1, -0.05) is 17.7 Å². The van der Waals surface area contributed by atoms with E-state index in [-0.39, 0.29) is 12.1 Å². The Hall–Kier alpha value is -0.930. The minimum atomic E-state index is -0.898. The molecular weight excluding hydrogens is 157 g/mol. The van der Waals surface area contributed by atoms with Gasteiger partial charge in [-0.2, -0.15) is 0 Å². The van der Waals surface area contributed by atoms with Crippen LogP contribution in [0.3, 0.4) is 0 Å². The van der Waals surface area contributed by atoms with Gasteiger partial charge in [0.2, 0.25) is 0 Å². The number of halogens is 1. The SMILES string of the molecule is Cc1ccc(F)c([C@H](O)CN)c1. The Balaban J connectivity index is 3.04. The van der Waals surface area contributed by atoms with Crippen LogP contribution in [0.1, 0.15) is 17.2 Å². The first kappa shape index (κ1) is 9.16. The molecule has 0 radical (unpaired) electrons. The van der Waals surface area contributed by atoms with Crippen LogP contribution in [-0.2, 0) is 0 Å². The van der Waals surface area contributed by atoms with Crippen molar-refractivity contribution in [1.29, 1.82) is 0 Å². The first-order valence-corrected chi connectivity index (χ1v) is 3.79. The van der Waals surface area contributed by atoms with Crippen molar-refractivity contribution in [2.45, 2.75) is 13.0 Å². The van der Waals surface area contributed by atoms with E-state index in [0.717, 1.165) is 5.56 Å².